The predicted molar refractivity (Wildman–Crippen MR) is 65.4 cm³/mol. The number of ether oxygens (including phenoxy) is 1. The van der Waals surface area contributed by atoms with E-state index in [1.165, 1.54) is 24.0 Å². The molecule has 1 saturated heterocycles. The minimum Gasteiger partial charge on any atom is -0.493 e. The number of rotatable bonds is 2. The van der Waals surface area contributed by atoms with Crippen LogP contribution >= 0.6 is 11.6 Å². The second kappa shape index (κ2) is 4.27. The summed E-state index contributed by atoms with van der Waals surface area (Å²) in [5, 5.41) is 4.37. The van der Waals surface area contributed by atoms with Crippen molar-refractivity contribution in [3.05, 3.63) is 28.3 Å². The molecule has 0 radical (unpaired) electrons. The third kappa shape index (κ3) is 1.92. The third-order valence-electron chi connectivity index (χ3n) is 3.49. The lowest BCUT2D eigenvalue weighted by Gasteiger charge is -2.12. The van der Waals surface area contributed by atoms with Crippen molar-refractivity contribution in [1.29, 1.82) is 0 Å². The molecular weight excluding hydrogens is 222 g/mol. The molecule has 1 aromatic rings. The molecule has 16 heavy (non-hydrogen) atoms. The summed E-state index contributed by atoms with van der Waals surface area (Å²) in [5.74, 6) is 0.980. The molecule has 1 atom stereocenters. The Kier molecular flexibility index (Phi) is 2.78. The van der Waals surface area contributed by atoms with Crippen LogP contribution in [0.1, 0.15) is 24.0 Å². The van der Waals surface area contributed by atoms with E-state index in [9.17, 15) is 0 Å². The van der Waals surface area contributed by atoms with E-state index in [4.69, 9.17) is 16.3 Å². The molecule has 0 saturated carbocycles. The molecule has 86 valence electrons. The molecule has 2 aliphatic rings. The lowest BCUT2D eigenvalue weighted by atomic mass is 10.0. The number of halogens is 1. The fraction of sp³-hybridized carbons (Fsp3) is 0.538. The summed E-state index contributed by atoms with van der Waals surface area (Å²) in [5.41, 5.74) is 2.59. The van der Waals surface area contributed by atoms with Gasteiger partial charge in [-0.1, -0.05) is 17.7 Å². The van der Waals surface area contributed by atoms with Gasteiger partial charge < -0.3 is 10.1 Å². The summed E-state index contributed by atoms with van der Waals surface area (Å²) in [7, 11) is 0. The zero-order valence-corrected chi connectivity index (χ0v) is 10.0. The molecule has 0 aromatic heterocycles. The van der Waals surface area contributed by atoms with Gasteiger partial charge in [-0.05, 0) is 43.0 Å². The summed E-state index contributed by atoms with van der Waals surface area (Å²) >= 11 is 6.28. The Morgan fingerprint density at radius 2 is 2.38 bits per heavy atom. The SMILES string of the molecule is Clc1cc2c(cc1CC1CCCN1)CCO2. The summed E-state index contributed by atoms with van der Waals surface area (Å²) in [4.78, 5) is 0. The quantitative estimate of drug-likeness (QED) is 0.854. The highest BCUT2D eigenvalue weighted by Crippen LogP contribution is 2.32. The van der Waals surface area contributed by atoms with Crippen molar-refractivity contribution >= 4 is 11.6 Å². The van der Waals surface area contributed by atoms with Crippen molar-refractivity contribution in [2.24, 2.45) is 0 Å². The van der Waals surface area contributed by atoms with E-state index in [-0.39, 0.29) is 0 Å². The molecule has 1 aromatic carbocycles. The first-order valence-electron chi connectivity index (χ1n) is 6.00. The van der Waals surface area contributed by atoms with E-state index in [0.717, 1.165) is 36.8 Å². The van der Waals surface area contributed by atoms with Crippen molar-refractivity contribution in [3.63, 3.8) is 0 Å². The minimum atomic E-state index is 0.609. The number of fused-ring (bicyclic) bond motifs is 1. The van der Waals surface area contributed by atoms with Gasteiger partial charge in [-0.3, -0.25) is 0 Å². The van der Waals surface area contributed by atoms with Gasteiger partial charge >= 0.3 is 0 Å². The van der Waals surface area contributed by atoms with E-state index in [2.05, 4.69) is 11.4 Å². The maximum atomic E-state index is 6.28. The molecular formula is C13H16ClNO. The lowest BCUT2D eigenvalue weighted by molar-refractivity contribution is 0.357. The fourth-order valence-electron chi connectivity index (χ4n) is 2.60. The van der Waals surface area contributed by atoms with Crippen molar-refractivity contribution in [3.8, 4) is 5.75 Å². The Morgan fingerprint density at radius 1 is 1.44 bits per heavy atom. The van der Waals surface area contributed by atoms with Crippen LogP contribution < -0.4 is 10.1 Å². The van der Waals surface area contributed by atoms with Crippen LogP contribution in [0.5, 0.6) is 5.75 Å². The van der Waals surface area contributed by atoms with Gasteiger partial charge in [0.15, 0.2) is 0 Å². The average Bonchev–Trinajstić information content (AvgIpc) is 2.89. The number of nitrogens with one attached hydrogen (secondary N) is 1. The molecule has 0 spiro atoms. The smallest absolute Gasteiger partial charge is 0.124 e. The van der Waals surface area contributed by atoms with Gasteiger partial charge in [-0.25, -0.2) is 0 Å². The predicted octanol–water partition coefficient (Wildman–Crippen LogP) is 2.57. The first-order chi connectivity index (χ1) is 7.83. The monoisotopic (exact) mass is 237 g/mol. The lowest BCUT2D eigenvalue weighted by Crippen LogP contribution is -2.23. The summed E-state index contributed by atoms with van der Waals surface area (Å²) in [6.45, 7) is 1.95. The molecule has 1 fully saturated rings. The molecule has 1 N–H and O–H groups in total. The normalized spacial score (nSPS) is 23.2. The highest BCUT2D eigenvalue weighted by Gasteiger charge is 2.19. The van der Waals surface area contributed by atoms with Crippen molar-refractivity contribution in [2.75, 3.05) is 13.2 Å². The summed E-state index contributed by atoms with van der Waals surface area (Å²) < 4.78 is 5.50. The van der Waals surface area contributed by atoms with Crippen LogP contribution in [0.2, 0.25) is 5.02 Å². The van der Waals surface area contributed by atoms with Crippen LogP contribution in [0.15, 0.2) is 12.1 Å². The summed E-state index contributed by atoms with van der Waals surface area (Å²) in [6.07, 6.45) is 4.63. The zero-order chi connectivity index (χ0) is 11.0. The molecule has 2 nitrogen and oxygen atoms in total. The van der Waals surface area contributed by atoms with Gasteiger partial charge in [0.05, 0.1) is 6.61 Å². The highest BCUT2D eigenvalue weighted by atomic mass is 35.5. The van der Waals surface area contributed by atoms with Gasteiger partial charge in [0.2, 0.25) is 0 Å². The molecule has 2 aliphatic heterocycles. The molecule has 0 amide bonds. The van der Waals surface area contributed by atoms with E-state index in [1.54, 1.807) is 0 Å². The minimum absolute atomic E-state index is 0.609. The second-order valence-corrected chi connectivity index (χ2v) is 5.05. The molecule has 3 heteroatoms. The van der Waals surface area contributed by atoms with Crippen molar-refractivity contribution in [2.45, 2.75) is 31.7 Å². The highest BCUT2D eigenvalue weighted by molar-refractivity contribution is 6.31. The standard InChI is InChI=1S/C13H16ClNO/c14-12-8-13-9(3-5-16-13)6-10(12)7-11-2-1-4-15-11/h6,8,11,15H,1-5,7H2. The third-order valence-corrected chi connectivity index (χ3v) is 3.84. The van der Waals surface area contributed by atoms with Crippen LogP contribution in [0.25, 0.3) is 0 Å². The Bertz CT molecular complexity index is 399. The first-order valence-corrected chi connectivity index (χ1v) is 6.38. The second-order valence-electron chi connectivity index (χ2n) is 4.65. The fourth-order valence-corrected chi connectivity index (χ4v) is 2.84. The molecule has 0 aliphatic carbocycles. The van der Waals surface area contributed by atoms with Crippen LogP contribution in [-0.4, -0.2) is 19.2 Å². The van der Waals surface area contributed by atoms with Crippen molar-refractivity contribution < 1.29 is 4.74 Å². The van der Waals surface area contributed by atoms with Gasteiger partial charge in [-0.2, -0.15) is 0 Å². The van der Waals surface area contributed by atoms with E-state index < -0.39 is 0 Å². The maximum absolute atomic E-state index is 6.28. The molecule has 2 heterocycles. The van der Waals surface area contributed by atoms with Crippen LogP contribution in [0.4, 0.5) is 0 Å². The van der Waals surface area contributed by atoms with Crippen LogP contribution in [0, 0.1) is 0 Å². The van der Waals surface area contributed by atoms with Gasteiger partial charge in [0, 0.05) is 17.5 Å². The Labute approximate surface area is 101 Å². The number of benzene rings is 1. The Balaban J connectivity index is 1.83. The molecule has 3 rings (SSSR count). The first kappa shape index (κ1) is 10.4. The average molecular weight is 238 g/mol. The van der Waals surface area contributed by atoms with Gasteiger partial charge in [0.25, 0.3) is 0 Å². The van der Waals surface area contributed by atoms with Gasteiger partial charge in [0.1, 0.15) is 5.75 Å². The zero-order valence-electron chi connectivity index (χ0n) is 9.26. The molecule has 0 bridgehead atoms. The Hall–Kier alpha value is -0.730. The topological polar surface area (TPSA) is 21.3 Å². The van der Waals surface area contributed by atoms with Crippen LogP contribution in [-0.2, 0) is 12.8 Å². The van der Waals surface area contributed by atoms with E-state index >= 15 is 0 Å². The molecule has 1 unspecified atom stereocenters. The Morgan fingerprint density at radius 3 is 3.19 bits per heavy atom. The largest absolute Gasteiger partial charge is 0.493 e. The number of hydrogen-bond acceptors (Lipinski definition) is 2. The maximum Gasteiger partial charge on any atom is 0.124 e. The number of hydrogen-bond donors (Lipinski definition) is 1. The van der Waals surface area contributed by atoms with E-state index in [0.29, 0.717) is 6.04 Å². The summed E-state index contributed by atoms with van der Waals surface area (Å²) in [6, 6.07) is 4.82. The van der Waals surface area contributed by atoms with E-state index in [1.807, 2.05) is 6.07 Å². The van der Waals surface area contributed by atoms with Crippen molar-refractivity contribution in [1.82, 2.24) is 5.32 Å². The van der Waals surface area contributed by atoms with Gasteiger partial charge in [-0.15, -0.1) is 0 Å². The van der Waals surface area contributed by atoms with Crippen LogP contribution in [0.3, 0.4) is 0 Å².